The summed E-state index contributed by atoms with van der Waals surface area (Å²) in [5, 5.41) is 0. The van der Waals surface area contributed by atoms with Crippen LogP contribution in [0.15, 0.2) is 36.7 Å². The van der Waals surface area contributed by atoms with Crippen LogP contribution < -0.4 is 0 Å². The maximum atomic E-state index is 12.9. The predicted molar refractivity (Wildman–Crippen MR) is 90.5 cm³/mol. The van der Waals surface area contributed by atoms with Gasteiger partial charge in [-0.3, -0.25) is 0 Å². The fourth-order valence-corrected chi connectivity index (χ4v) is 5.15. The van der Waals surface area contributed by atoms with Crippen LogP contribution in [0.4, 0.5) is 0 Å². The van der Waals surface area contributed by atoms with Gasteiger partial charge in [0.25, 0.3) is 0 Å². The van der Waals surface area contributed by atoms with Crippen molar-refractivity contribution in [1.82, 2.24) is 13.9 Å². The molecule has 1 saturated heterocycles. The first kappa shape index (κ1) is 16.2. The van der Waals surface area contributed by atoms with Gasteiger partial charge in [0.2, 0.25) is 10.0 Å². The van der Waals surface area contributed by atoms with Gasteiger partial charge >= 0.3 is 0 Å². The summed E-state index contributed by atoms with van der Waals surface area (Å²) in [5.74, 6) is 1.01. The van der Waals surface area contributed by atoms with Gasteiger partial charge in [-0.2, -0.15) is 4.31 Å². The van der Waals surface area contributed by atoms with E-state index in [2.05, 4.69) is 4.98 Å². The van der Waals surface area contributed by atoms with Crippen LogP contribution in [0.5, 0.6) is 0 Å². The molecule has 2 aromatic rings. The molecule has 6 heteroatoms. The lowest BCUT2D eigenvalue weighted by molar-refractivity contribution is 0.349. The van der Waals surface area contributed by atoms with Crippen LogP contribution in [0, 0.1) is 13.8 Å². The minimum Gasteiger partial charge on any atom is -0.334 e. The van der Waals surface area contributed by atoms with E-state index in [1.165, 1.54) is 0 Å². The summed E-state index contributed by atoms with van der Waals surface area (Å²) in [6.07, 6.45) is 5.51. The van der Waals surface area contributed by atoms with Crippen LogP contribution in [0.1, 0.15) is 29.8 Å². The summed E-state index contributed by atoms with van der Waals surface area (Å²) in [4.78, 5) is 4.22. The van der Waals surface area contributed by atoms with Crippen molar-refractivity contribution in [2.24, 2.45) is 0 Å². The van der Waals surface area contributed by atoms with Crippen molar-refractivity contribution >= 4 is 10.0 Å². The molecule has 2 heterocycles. The number of benzene rings is 1. The van der Waals surface area contributed by atoms with Gasteiger partial charge in [-0.05, 0) is 37.8 Å². The molecule has 0 spiro atoms. The Balaban J connectivity index is 1.78. The van der Waals surface area contributed by atoms with Crippen molar-refractivity contribution in [2.75, 3.05) is 6.54 Å². The maximum Gasteiger partial charge on any atom is 0.218 e. The van der Waals surface area contributed by atoms with Gasteiger partial charge < -0.3 is 4.57 Å². The molecule has 1 aliphatic heterocycles. The fraction of sp³-hybridized carbons (Fsp3) is 0.471. The van der Waals surface area contributed by atoms with Gasteiger partial charge in [-0.25, -0.2) is 13.4 Å². The molecular weight excluding hydrogens is 310 g/mol. The van der Waals surface area contributed by atoms with E-state index in [4.69, 9.17) is 0 Å². The van der Waals surface area contributed by atoms with E-state index in [0.29, 0.717) is 13.1 Å². The van der Waals surface area contributed by atoms with E-state index >= 15 is 0 Å². The molecule has 0 radical (unpaired) electrons. The number of hydrogen-bond donors (Lipinski definition) is 0. The number of rotatable bonds is 5. The molecule has 0 unspecified atom stereocenters. The van der Waals surface area contributed by atoms with Crippen LogP contribution in [-0.4, -0.2) is 34.9 Å². The second-order valence-electron chi connectivity index (χ2n) is 6.22. The quantitative estimate of drug-likeness (QED) is 0.845. The maximum absolute atomic E-state index is 12.9. The Bertz CT molecular complexity index is 783. The number of sulfonamides is 1. The standard InChI is InChI=1S/C17H23N3O2S/c1-14-6-3-4-7-16(14)13-23(21,22)20-10-5-8-17(20)12-19-11-9-18-15(19)2/h3-4,6-7,9,11,17H,5,8,10,12-13H2,1-2H3/t17-/m0/s1. The first-order chi connectivity index (χ1) is 11.0. The molecule has 23 heavy (non-hydrogen) atoms. The first-order valence-corrected chi connectivity index (χ1v) is 9.60. The topological polar surface area (TPSA) is 55.2 Å². The van der Waals surface area contributed by atoms with Gasteiger partial charge in [-0.1, -0.05) is 24.3 Å². The van der Waals surface area contributed by atoms with Crippen LogP contribution in [0.2, 0.25) is 0 Å². The predicted octanol–water partition coefficient (Wildman–Crippen LogP) is 2.49. The third kappa shape index (κ3) is 3.48. The molecule has 0 N–H and O–H groups in total. The average molecular weight is 333 g/mol. The first-order valence-electron chi connectivity index (χ1n) is 7.99. The molecule has 0 bridgehead atoms. The molecule has 0 saturated carbocycles. The molecule has 1 aromatic heterocycles. The minimum absolute atomic E-state index is 0.0249. The van der Waals surface area contributed by atoms with E-state index in [-0.39, 0.29) is 11.8 Å². The van der Waals surface area contributed by atoms with Crippen molar-refractivity contribution in [3.05, 3.63) is 53.6 Å². The third-order valence-electron chi connectivity index (χ3n) is 4.61. The monoisotopic (exact) mass is 333 g/mol. The largest absolute Gasteiger partial charge is 0.334 e. The van der Waals surface area contributed by atoms with E-state index < -0.39 is 10.0 Å². The van der Waals surface area contributed by atoms with Crippen molar-refractivity contribution in [2.45, 2.75) is 45.0 Å². The number of imidazole rings is 1. The van der Waals surface area contributed by atoms with E-state index in [0.717, 1.165) is 29.8 Å². The second kappa shape index (κ2) is 6.45. The van der Waals surface area contributed by atoms with E-state index in [9.17, 15) is 8.42 Å². The zero-order valence-electron chi connectivity index (χ0n) is 13.6. The van der Waals surface area contributed by atoms with Gasteiger partial charge in [0, 0.05) is 31.5 Å². The molecule has 0 aliphatic carbocycles. The van der Waals surface area contributed by atoms with Gasteiger partial charge in [0.05, 0.1) is 5.75 Å². The molecule has 5 nitrogen and oxygen atoms in total. The smallest absolute Gasteiger partial charge is 0.218 e. The number of nitrogens with zero attached hydrogens (tertiary/aromatic N) is 3. The second-order valence-corrected chi connectivity index (χ2v) is 8.14. The lowest BCUT2D eigenvalue weighted by atomic mass is 10.1. The Morgan fingerprint density at radius 2 is 2.04 bits per heavy atom. The highest BCUT2D eigenvalue weighted by Gasteiger charge is 2.34. The molecule has 3 rings (SSSR count). The number of aryl methyl sites for hydroxylation is 2. The van der Waals surface area contributed by atoms with Gasteiger partial charge in [-0.15, -0.1) is 0 Å². The Labute approximate surface area is 138 Å². The lowest BCUT2D eigenvalue weighted by Gasteiger charge is -2.25. The highest BCUT2D eigenvalue weighted by atomic mass is 32.2. The highest BCUT2D eigenvalue weighted by Crippen LogP contribution is 2.25. The Morgan fingerprint density at radius 3 is 2.74 bits per heavy atom. The van der Waals surface area contributed by atoms with Crippen molar-refractivity contribution in [3.8, 4) is 0 Å². The van der Waals surface area contributed by atoms with E-state index in [1.807, 2.05) is 48.9 Å². The SMILES string of the molecule is Cc1ccccc1CS(=O)(=O)N1CCC[C@H]1Cn1ccnc1C. The summed E-state index contributed by atoms with van der Waals surface area (Å²) < 4.78 is 29.5. The summed E-state index contributed by atoms with van der Waals surface area (Å²) in [5.41, 5.74) is 1.91. The molecule has 1 atom stereocenters. The molecule has 1 aromatic carbocycles. The zero-order chi connectivity index (χ0) is 16.4. The van der Waals surface area contributed by atoms with Crippen molar-refractivity contribution < 1.29 is 8.42 Å². The van der Waals surface area contributed by atoms with Crippen molar-refractivity contribution in [3.63, 3.8) is 0 Å². The number of hydrogen-bond acceptors (Lipinski definition) is 3. The average Bonchev–Trinajstić information content (AvgIpc) is 3.12. The molecule has 1 fully saturated rings. The lowest BCUT2D eigenvalue weighted by Crippen LogP contribution is -2.38. The summed E-state index contributed by atoms with van der Waals surface area (Å²) in [6, 6.07) is 7.72. The Morgan fingerprint density at radius 1 is 1.26 bits per heavy atom. The molecule has 0 amide bonds. The minimum atomic E-state index is -3.30. The summed E-state index contributed by atoms with van der Waals surface area (Å²) in [6.45, 7) is 5.20. The molecular formula is C17H23N3O2S. The Kier molecular flexibility index (Phi) is 4.55. The van der Waals surface area contributed by atoms with Crippen LogP contribution in [0.25, 0.3) is 0 Å². The summed E-state index contributed by atoms with van der Waals surface area (Å²) in [7, 11) is -3.30. The van der Waals surface area contributed by atoms with Crippen LogP contribution in [-0.2, 0) is 22.3 Å². The summed E-state index contributed by atoms with van der Waals surface area (Å²) >= 11 is 0. The van der Waals surface area contributed by atoms with E-state index in [1.54, 1.807) is 10.5 Å². The number of aromatic nitrogens is 2. The zero-order valence-corrected chi connectivity index (χ0v) is 14.5. The van der Waals surface area contributed by atoms with Gasteiger partial charge in [0.1, 0.15) is 5.82 Å². The van der Waals surface area contributed by atoms with Gasteiger partial charge in [0.15, 0.2) is 0 Å². The normalized spacial score (nSPS) is 19.3. The molecule has 124 valence electrons. The van der Waals surface area contributed by atoms with Crippen molar-refractivity contribution in [1.29, 1.82) is 0 Å². The Hall–Kier alpha value is -1.66. The third-order valence-corrected chi connectivity index (χ3v) is 6.48. The van der Waals surface area contributed by atoms with Crippen LogP contribution in [0.3, 0.4) is 0 Å². The van der Waals surface area contributed by atoms with Crippen LogP contribution >= 0.6 is 0 Å². The highest BCUT2D eigenvalue weighted by molar-refractivity contribution is 7.88. The molecule has 1 aliphatic rings. The fourth-order valence-electron chi connectivity index (χ4n) is 3.23.